The molecule has 0 fully saturated rings. The zero-order valence-electron chi connectivity index (χ0n) is 6.58. The molecule has 0 aliphatic heterocycles. The Balaban J connectivity index is 2.92. The smallest absolute Gasteiger partial charge is 0.151 e. The molecule has 1 aromatic heterocycles. The normalized spacial score (nSPS) is 10.5. The van der Waals surface area contributed by atoms with Crippen molar-refractivity contribution < 1.29 is 4.79 Å². The maximum atomic E-state index is 10.7. The molecule has 4 heteroatoms. The summed E-state index contributed by atoms with van der Waals surface area (Å²) in [6, 6.07) is 5.60. The molecule has 66 valence electrons. The third kappa shape index (κ3) is 1.34. The van der Waals surface area contributed by atoms with Crippen LogP contribution in [0.4, 0.5) is 5.69 Å². The van der Waals surface area contributed by atoms with Crippen LogP contribution in [0.5, 0.6) is 0 Å². The van der Waals surface area contributed by atoms with Crippen LogP contribution in [-0.4, -0.2) is 6.29 Å². The van der Waals surface area contributed by atoms with E-state index in [9.17, 15) is 4.79 Å². The number of carbonyl (C=O) groups excluding carboxylic acids is 1. The number of rotatable bonds is 1. The minimum atomic E-state index is 0.720. The van der Waals surface area contributed by atoms with Crippen molar-refractivity contribution in [1.82, 2.24) is 0 Å². The van der Waals surface area contributed by atoms with Crippen LogP contribution in [0.3, 0.4) is 0 Å². The fraction of sp³-hybridized carbons (Fsp3) is 0. The Morgan fingerprint density at radius 3 is 2.92 bits per heavy atom. The first-order chi connectivity index (χ1) is 6.24. The maximum absolute atomic E-state index is 10.7. The first-order valence-corrected chi connectivity index (χ1v) is 5.55. The van der Waals surface area contributed by atoms with E-state index in [0.29, 0.717) is 0 Å². The van der Waals surface area contributed by atoms with Gasteiger partial charge in [-0.2, -0.15) is 0 Å². The van der Waals surface area contributed by atoms with Crippen molar-refractivity contribution >= 4 is 56.0 Å². The number of anilines is 1. The van der Waals surface area contributed by atoms with Crippen LogP contribution >= 0.6 is 33.9 Å². The quantitative estimate of drug-likeness (QED) is 0.650. The zero-order valence-corrected chi connectivity index (χ0v) is 9.56. The van der Waals surface area contributed by atoms with Crippen molar-refractivity contribution in [3.05, 3.63) is 26.6 Å². The van der Waals surface area contributed by atoms with Gasteiger partial charge in [0.05, 0.1) is 8.57 Å². The van der Waals surface area contributed by atoms with E-state index in [2.05, 4.69) is 22.6 Å². The van der Waals surface area contributed by atoms with Gasteiger partial charge in [-0.05, 0) is 22.6 Å². The molecule has 0 bridgehead atoms. The molecule has 1 heterocycles. The topological polar surface area (TPSA) is 43.1 Å². The van der Waals surface area contributed by atoms with Crippen LogP contribution in [0.2, 0.25) is 0 Å². The number of fused-ring (bicyclic) bond motifs is 1. The lowest BCUT2D eigenvalue weighted by Gasteiger charge is -1.93. The number of nitrogen functional groups attached to an aromatic ring is 1. The molecule has 0 atom stereocenters. The van der Waals surface area contributed by atoms with Gasteiger partial charge in [0, 0.05) is 15.6 Å². The number of halogens is 1. The molecular formula is C9H6INOS. The largest absolute Gasteiger partial charge is 0.397 e. The summed E-state index contributed by atoms with van der Waals surface area (Å²) in [6.45, 7) is 0. The number of carbonyl (C=O) groups is 1. The Kier molecular flexibility index (Phi) is 2.25. The van der Waals surface area contributed by atoms with E-state index in [-0.39, 0.29) is 0 Å². The maximum Gasteiger partial charge on any atom is 0.151 e. The minimum absolute atomic E-state index is 0.720. The predicted octanol–water partition coefficient (Wildman–Crippen LogP) is 2.90. The first-order valence-electron chi connectivity index (χ1n) is 3.65. The van der Waals surface area contributed by atoms with Crippen LogP contribution in [0, 0.1) is 2.88 Å². The number of hydrogen-bond acceptors (Lipinski definition) is 3. The van der Waals surface area contributed by atoms with Crippen molar-refractivity contribution in [3.8, 4) is 0 Å². The molecule has 2 rings (SSSR count). The Hall–Kier alpha value is -0.620. The van der Waals surface area contributed by atoms with Gasteiger partial charge in [0.15, 0.2) is 6.29 Å². The molecule has 2 aromatic rings. The Labute approximate surface area is 92.9 Å². The highest BCUT2D eigenvalue weighted by Gasteiger charge is 2.09. The molecule has 0 aliphatic carbocycles. The van der Waals surface area contributed by atoms with Gasteiger partial charge in [-0.3, -0.25) is 4.79 Å². The molecule has 0 saturated carbocycles. The highest BCUT2D eigenvalue weighted by Crippen LogP contribution is 2.35. The van der Waals surface area contributed by atoms with Gasteiger partial charge in [0.25, 0.3) is 0 Å². The van der Waals surface area contributed by atoms with Gasteiger partial charge in [-0.15, -0.1) is 11.3 Å². The lowest BCUT2D eigenvalue weighted by molar-refractivity contribution is 0.112. The van der Waals surface area contributed by atoms with Gasteiger partial charge < -0.3 is 5.73 Å². The number of nitrogens with two attached hydrogens (primary N) is 1. The SMILES string of the molecule is Nc1c(I)sc2c(C=O)cccc12. The van der Waals surface area contributed by atoms with Crippen molar-refractivity contribution in [2.75, 3.05) is 5.73 Å². The van der Waals surface area contributed by atoms with E-state index < -0.39 is 0 Å². The third-order valence-electron chi connectivity index (χ3n) is 1.87. The van der Waals surface area contributed by atoms with Gasteiger partial charge in [-0.25, -0.2) is 0 Å². The lowest BCUT2D eigenvalue weighted by atomic mass is 10.2. The van der Waals surface area contributed by atoms with E-state index in [1.807, 2.05) is 12.1 Å². The van der Waals surface area contributed by atoms with E-state index in [1.54, 1.807) is 17.4 Å². The van der Waals surface area contributed by atoms with Gasteiger partial charge in [-0.1, -0.05) is 18.2 Å². The summed E-state index contributed by atoms with van der Waals surface area (Å²) >= 11 is 3.75. The standard InChI is InChI=1S/C9H6INOS/c10-9-7(11)6-3-1-2-5(4-12)8(6)13-9/h1-4H,11H2. The van der Waals surface area contributed by atoms with E-state index in [4.69, 9.17) is 5.73 Å². The van der Waals surface area contributed by atoms with E-state index in [0.717, 1.165) is 30.5 Å². The summed E-state index contributed by atoms with van der Waals surface area (Å²) < 4.78 is 2.03. The Morgan fingerprint density at radius 1 is 1.46 bits per heavy atom. The fourth-order valence-corrected chi connectivity index (χ4v) is 3.10. The number of hydrogen-bond donors (Lipinski definition) is 1. The van der Waals surface area contributed by atoms with Crippen LogP contribution in [0.25, 0.3) is 10.1 Å². The average molecular weight is 303 g/mol. The van der Waals surface area contributed by atoms with Crippen LogP contribution < -0.4 is 5.73 Å². The summed E-state index contributed by atoms with van der Waals surface area (Å²) in [5.41, 5.74) is 7.35. The van der Waals surface area contributed by atoms with Crippen molar-refractivity contribution in [2.45, 2.75) is 0 Å². The molecule has 1 aromatic carbocycles. The summed E-state index contributed by atoms with van der Waals surface area (Å²) in [6.07, 6.45) is 0.869. The summed E-state index contributed by atoms with van der Waals surface area (Å²) in [5, 5.41) is 0.985. The van der Waals surface area contributed by atoms with Crippen molar-refractivity contribution in [3.63, 3.8) is 0 Å². The molecule has 0 radical (unpaired) electrons. The molecule has 0 aliphatic rings. The Morgan fingerprint density at radius 2 is 2.23 bits per heavy atom. The van der Waals surface area contributed by atoms with Gasteiger partial charge in [0.2, 0.25) is 0 Å². The molecule has 2 N–H and O–H groups in total. The predicted molar refractivity (Wildman–Crippen MR) is 64.3 cm³/mol. The summed E-state index contributed by atoms with van der Waals surface area (Å²) in [4.78, 5) is 10.7. The molecular weight excluding hydrogens is 297 g/mol. The third-order valence-corrected chi connectivity index (χ3v) is 4.17. The molecule has 0 amide bonds. The monoisotopic (exact) mass is 303 g/mol. The summed E-state index contributed by atoms with van der Waals surface area (Å²) in [5.74, 6) is 0. The zero-order chi connectivity index (χ0) is 9.42. The second-order valence-corrected chi connectivity index (χ2v) is 5.46. The Bertz CT molecular complexity index is 478. The number of benzene rings is 1. The second-order valence-electron chi connectivity index (χ2n) is 2.63. The molecule has 13 heavy (non-hydrogen) atoms. The van der Waals surface area contributed by atoms with Crippen molar-refractivity contribution in [2.24, 2.45) is 0 Å². The second kappa shape index (κ2) is 3.26. The lowest BCUT2D eigenvalue weighted by Crippen LogP contribution is -1.84. The van der Waals surface area contributed by atoms with Gasteiger partial charge in [0.1, 0.15) is 0 Å². The molecule has 0 spiro atoms. The average Bonchev–Trinajstić information content (AvgIpc) is 2.43. The number of aldehydes is 1. The van der Waals surface area contributed by atoms with Crippen LogP contribution in [-0.2, 0) is 0 Å². The molecule has 0 saturated heterocycles. The van der Waals surface area contributed by atoms with Crippen molar-refractivity contribution in [1.29, 1.82) is 0 Å². The minimum Gasteiger partial charge on any atom is -0.397 e. The summed E-state index contributed by atoms with van der Waals surface area (Å²) in [7, 11) is 0. The van der Waals surface area contributed by atoms with E-state index in [1.165, 1.54) is 0 Å². The van der Waals surface area contributed by atoms with Crippen LogP contribution in [0.1, 0.15) is 10.4 Å². The van der Waals surface area contributed by atoms with Gasteiger partial charge >= 0.3 is 0 Å². The number of thiophene rings is 1. The van der Waals surface area contributed by atoms with Crippen LogP contribution in [0.15, 0.2) is 18.2 Å². The highest BCUT2D eigenvalue weighted by atomic mass is 127. The van der Waals surface area contributed by atoms with E-state index >= 15 is 0 Å². The molecule has 0 unspecified atom stereocenters. The first kappa shape index (κ1) is 8.96. The highest BCUT2D eigenvalue weighted by molar-refractivity contribution is 14.1. The fourth-order valence-electron chi connectivity index (χ4n) is 1.22. The molecule has 2 nitrogen and oxygen atoms in total.